The molecule has 0 bridgehead atoms. The molecule has 17 heavy (non-hydrogen) atoms. The molecule has 1 aliphatic heterocycles. The predicted octanol–water partition coefficient (Wildman–Crippen LogP) is 2.31. The second kappa shape index (κ2) is 6.62. The van der Waals surface area contributed by atoms with Crippen LogP contribution in [0.2, 0.25) is 0 Å². The Labute approximate surface area is 103 Å². The molecule has 1 heterocycles. The van der Waals surface area contributed by atoms with Crippen LogP contribution >= 0.6 is 0 Å². The summed E-state index contributed by atoms with van der Waals surface area (Å²) in [6, 6.07) is 8.46. The van der Waals surface area contributed by atoms with E-state index in [1.54, 1.807) is 0 Å². The van der Waals surface area contributed by atoms with Crippen molar-refractivity contribution in [1.82, 2.24) is 0 Å². The molecule has 0 saturated carbocycles. The quantitative estimate of drug-likeness (QED) is 0.796. The third kappa shape index (κ3) is 3.72. The topological polar surface area (TPSA) is 44.5 Å². The predicted molar refractivity (Wildman–Crippen MR) is 68.4 cm³/mol. The van der Waals surface area contributed by atoms with Crippen LogP contribution in [0.4, 0.5) is 0 Å². The lowest BCUT2D eigenvalue weighted by atomic mass is 9.92. The lowest BCUT2D eigenvalue weighted by molar-refractivity contribution is 0.0853. The van der Waals surface area contributed by atoms with Crippen molar-refractivity contribution in [3.05, 3.63) is 29.8 Å². The van der Waals surface area contributed by atoms with E-state index in [1.807, 2.05) is 0 Å². The Balaban J connectivity index is 1.88. The normalized spacial score (nSPS) is 17.0. The molecule has 94 valence electrons. The summed E-state index contributed by atoms with van der Waals surface area (Å²) in [5.74, 6) is 1.59. The van der Waals surface area contributed by atoms with Gasteiger partial charge in [0.2, 0.25) is 0 Å². The molecular weight excluding hydrogens is 214 g/mol. The average Bonchev–Trinajstić information content (AvgIpc) is 2.41. The summed E-state index contributed by atoms with van der Waals surface area (Å²) >= 11 is 0. The fraction of sp³-hybridized carbons (Fsp3) is 0.571. The molecule has 2 N–H and O–H groups in total. The highest BCUT2D eigenvalue weighted by molar-refractivity contribution is 5.29. The molecule has 1 saturated heterocycles. The van der Waals surface area contributed by atoms with Crippen LogP contribution in [-0.2, 0) is 4.74 Å². The van der Waals surface area contributed by atoms with E-state index >= 15 is 0 Å². The van der Waals surface area contributed by atoms with Gasteiger partial charge in [0.1, 0.15) is 5.75 Å². The van der Waals surface area contributed by atoms with Crippen LogP contribution in [0.5, 0.6) is 5.75 Å². The van der Waals surface area contributed by atoms with E-state index in [4.69, 9.17) is 15.2 Å². The number of hydrogen-bond donors (Lipinski definition) is 1. The molecule has 0 spiro atoms. The Morgan fingerprint density at radius 2 is 1.88 bits per heavy atom. The number of nitrogens with two attached hydrogens (primary N) is 1. The summed E-state index contributed by atoms with van der Waals surface area (Å²) in [5.41, 5.74) is 6.82. The van der Waals surface area contributed by atoms with Gasteiger partial charge >= 0.3 is 0 Å². The van der Waals surface area contributed by atoms with Gasteiger partial charge in [0, 0.05) is 13.2 Å². The molecule has 1 aliphatic rings. The number of ether oxygens (including phenoxy) is 2. The van der Waals surface area contributed by atoms with Crippen molar-refractivity contribution in [3.63, 3.8) is 0 Å². The highest BCUT2D eigenvalue weighted by Gasteiger charge is 2.15. The van der Waals surface area contributed by atoms with Gasteiger partial charge in [-0.3, -0.25) is 0 Å². The molecule has 1 fully saturated rings. The standard InChI is InChI=1S/C14H21NO2/c15-8-1-9-17-14-4-2-12(3-5-14)13-6-10-16-11-7-13/h2-5,13H,1,6-11,15H2. The van der Waals surface area contributed by atoms with Gasteiger partial charge in [0.05, 0.1) is 6.61 Å². The zero-order chi connectivity index (χ0) is 11.9. The van der Waals surface area contributed by atoms with E-state index in [9.17, 15) is 0 Å². The van der Waals surface area contributed by atoms with Crippen molar-refractivity contribution in [1.29, 1.82) is 0 Å². The van der Waals surface area contributed by atoms with Crippen LogP contribution < -0.4 is 10.5 Å². The SMILES string of the molecule is NCCCOc1ccc(C2CCOCC2)cc1. The van der Waals surface area contributed by atoms with Crippen LogP contribution in [0.1, 0.15) is 30.7 Å². The summed E-state index contributed by atoms with van der Waals surface area (Å²) in [6.07, 6.45) is 3.17. The van der Waals surface area contributed by atoms with Crippen molar-refractivity contribution >= 4 is 0 Å². The Bertz CT molecular complexity index is 317. The van der Waals surface area contributed by atoms with Crippen LogP contribution in [0.25, 0.3) is 0 Å². The minimum Gasteiger partial charge on any atom is -0.494 e. The molecule has 1 aromatic rings. The Morgan fingerprint density at radius 1 is 1.18 bits per heavy atom. The van der Waals surface area contributed by atoms with Gasteiger partial charge < -0.3 is 15.2 Å². The van der Waals surface area contributed by atoms with Gasteiger partial charge in [-0.05, 0) is 49.4 Å². The van der Waals surface area contributed by atoms with E-state index < -0.39 is 0 Å². The third-order valence-electron chi connectivity index (χ3n) is 3.19. The Morgan fingerprint density at radius 3 is 2.53 bits per heavy atom. The molecule has 0 amide bonds. The van der Waals surface area contributed by atoms with E-state index in [-0.39, 0.29) is 0 Å². The largest absolute Gasteiger partial charge is 0.494 e. The second-order valence-electron chi connectivity index (χ2n) is 4.45. The minimum atomic E-state index is 0.654. The van der Waals surface area contributed by atoms with Crippen molar-refractivity contribution < 1.29 is 9.47 Å². The van der Waals surface area contributed by atoms with Crippen molar-refractivity contribution in [2.75, 3.05) is 26.4 Å². The highest BCUT2D eigenvalue weighted by Crippen LogP contribution is 2.28. The minimum absolute atomic E-state index is 0.654. The molecule has 0 atom stereocenters. The fourth-order valence-electron chi connectivity index (χ4n) is 2.14. The van der Waals surface area contributed by atoms with Gasteiger partial charge in [0.25, 0.3) is 0 Å². The maximum atomic E-state index is 5.58. The summed E-state index contributed by atoms with van der Waals surface area (Å²) in [6.45, 7) is 3.16. The number of rotatable bonds is 5. The maximum absolute atomic E-state index is 5.58. The van der Waals surface area contributed by atoms with Gasteiger partial charge in [-0.2, -0.15) is 0 Å². The molecule has 0 aromatic heterocycles. The zero-order valence-corrected chi connectivity index (χ0v) is 10.2. The first-order valence-electron chi connectivity index (χ1n) is 6.40. The van der Waals surface area contributed by atoms with Crippen LogP contribution in [0.15, 0.2) is 24.3 Å². The summed E-state index contributed by atoms with van der Waals surface area (Å²) in [5, 5.41) is 0. The van der Waals surface area contributed by atoms with E-state index in [0.29, 0.717) is 19.1 Å². The highest BCUT2D eigenvalue weighted by atomic mass is 16.5. The van der Waals surface area contributed by atoms with E-state index in [2.05, 4.69) is 24.3 Å². The fourth-order valence-corrected chi connectivity index (χ4v) is 2.14. The summed E-state index contributed by atoms with van der Waals surface area (Å²) in [7, 11) is 0. The van der Waals surface area contributed by atoms with Crippen molar-refractivity contribution in [2.45, 2.75) is 25.2 Å². The lowest BCUT2D eigenvalue weighted by Crippen LogP contribution is -2.14. The third-order valence-corrected chi connectivity index (χ3v) is 3.19. The van der Waals surface area contributed by atoms with Gasteiger partial charge in [-0.15, -0.1) is 0 Å². The second-order valence-corrected chi connectivity index (χ2v) is 4.45. The first-order valence-corrected chi connectivity index (χ1v) is 6.40. The van der Waals surface area contributed by atoms with Crippen LogP contribution in [0, 0.1) is 0 Å². The van der Waals surface area contributed by atoms with Crippen LogP contribution in [-0.4, -0.2) is 26.4 Å². The van der Waals surface area contributed by atoms with Crippen molar-refractivity contribution in [2.24, 2.45) is 5.73 Å². The Hall–Kier alpha value is -1.06. The molecule has 0 radical (unpaired) electrons. The Kier molecular flexibility index (Phi) is 4.83. The molecular formula is C14H21NO2. The average molecular weight is 235 g/mol. The lowest BCUT2D eigenvalue weighted by Gasteiger charge is -2.22. The molecule has 0 aliphatic carbocycles. The molecule has 3 heteroatoms. The monoisotopic (exact) mass is 235 g/mol. The maximum Gasteiger partial charge on any atom is 0.119 e. The number of hydrogen-bond acceptors (Lipinski definition) is 3. The first kappa shape index (κ1) is 12.4. The smallest absolute Gasteiger partial charge is 0.119 e. The summed E-state index contributed by atoms with van der Waals surface area (Å²) < 4.78 is 11.0. The van der Waals surface area contributed by atoms with Crippen LogP contribution in [0.3, 0.4) is 0 Å². The van der Waals surface area contributed by atoms with Gasteiger partial charge in [-0.1, -0.05) is 12.1 Å². The van der Waals surface area contributed by atoms with Crippen molar-refractivity contribution in [3.8, 4) is 5.75 Å². The van der Waals surface area contributed by atoms with E-state index in [0.717, 1.165) is 38.2 Å². The zero-order valence-electron chi connectivity index (χ0n) is 10.2. The molecule has 3 nitrogen and oxygen atoms in total. The molecule has 0 unspecified atom stereocenters. The van der Waals surface area contributed by atoms with E-state index in [1.165, 1.54) is 5.56 Å². The number of benzene rings is 1. The molecule has 1 aromatic carbocycles. The summed E-state index contributed by atoms with van der Waals surface area (Å²) in [4.78, 5) is 0. The first-order chi connectivity index (χ1) is 8.40. The van der Waals surface area contributed by atoms with Gasteiger partial charge in [-0.25, -0.2) is 0 Å². The van der Waals surface area contributed by atoms with Gasteiger partial charge in [0.15, 0.2) is 0 Å². The molecule has 2 rings (SSSR count).